The maximum absolute atomic E-state index is 10.4. The molecule has 0 aliphatic heterocycles. The van der Waals surface area contributed by atoms with Crippen molar-refractivity contribution in [3.05, 3.63) is 30.3 Å². The third kappa shape index (κ3) is 3.73. The number of hydrogen-bond donors (Lipinski definition) is 1. The molecule has 18 heavy (non-hydrogen) atoms. The molecular weight excluding hydrogens is 336 g/mol. The van der Waals surface area contributed by atoms with Crippen molar-refractivity contribution in [1.29, 1.82) is 0 Å². The van der Waals surface area contributed by atoms with Gasteiger partial charge in [-0.15, -0.1) is 0 Å². The van der Waals surface area contributed by atoms with Gasteiger partial charge in [-0.1, -0.05) is 0 Å². The van der Waals surface area contributed by atoms with Gasteiger partial charge < -0.3 is 0 Å². The zero-order chi connectivity index (χ0) is 13.2. The third-order valence-corrected chi connectivity index (χ3v) is 8.00. The van der Waals surface area contributed by atoms with Crippen LogP contribution in [0.3, 0.4) is 0 Å². The summed E-state index contributed by atoms with van der Waals surface area (Å²) in [6.07, 6.45) is 3.46. The Morgan fingerprint density at radius 2 is 1.78 bits per heavy atom. The topological polar surface area (TPSA) is 20.2 Å². The van der Waals surface area contributed by atoms with Crippen LogP contribution in [-0.4, -0.2) is 32.1 Å². The van der Waals surface area contributed by atoms with Crippen LogP contribution in [0.2, 0.25) is 3.97 Å². The Morgan fingerprint density at radius 1 is 1.11 bits per heavy atom. The van der Waals surface area contributed by atoms with Gasteiger partial charge in [0.25, 0.3) is 0 Å². The Balaban J connectivity index is 1.94. The van der Waals surface area contributed by atoms with Gasteiger partial charge in [0.15, 0.2) is 0 Å². The second-order valence-electron chi connectivity index (χ2n) is 6.41. The number of aliphatic hydroxyl groups is 1. The normalized spacial score (nSPS) is 29.2. The average molecular weight is 360 g/mol. The molecule has 0 radical (unpaired) electrons. The summed E-state index contributed by atoms with van der Waals surface area (Å²) >= 11 is -0.235. The Morgan fingerprint density at radius 3 is 2.33 bits per heavy atom. The quantitative estimate of drug-likeness (QED) is 0.805. The summed E-state index contributed by atoms with van der Waals surface area (Å²) < 4.78 is 2.07. The van der Waals surface area contributed by atoms with Crippen LogP contribution in [0.4, 0.5) is 0 Å². The average Bonchev–Trinajstić information content (AvgIpc) is 2.32. The first-order valence-electron chi connectivity index (χ1n) is 6.86. The summed E-state index contributed by atoms with van der Waals surface area (Å²) in [5, 5.41) is 10.4. The van der Waals surface area contributed by atoms with E-state index in [1.807, 2.05) is 0 Å². The molecule has 0 unspecified atom stereocenters. The van der Waals surface area contributed by atoms with E-state index >= 15 is 0 Å². The summed E-state index contributed by atoms with van der Waals surface area (Å²) in [6.45, 7) is 6.91. The number of hydrogen-bond acceptors (Lipinski definition) is 1. The van der Waals surface area contributed by atoms with Crippen molar-refractivity contribution in [3.63, 3.8) is 0 Å². The molecule has 100 valence electrons. The van der Waals surface area contributed by atoms with Gasteiger partial charge in [-0.3, -0.25) is 0 Å². The van der Waals surface area contributed by atoms with E-state index in [2.05, 4.69) is 51.1 Å². The molecule has 1 aliphatic rings. The SMILES string of the molecule is CC(C)(C)[C@H]1CC[C@@H]([Te]c2ccccc2)[C@H](O)C1. The zero-order valence-corrected chi connectivity index (χ0v) is 13.9. The predicted octanol–water partition coefficient (Wildman–Crippen LogP) is 3.01. The molecule has 0 aromatic heterocycles. The predicted molar refractivity (Wildman–Crippen MR) is 78.4 cm³/mol. The number of aliphatic hydroxyl groups excluding tert-OH is 1. The van der Waals surface area contributed by atoms with E-state index in [-0.39, 0.29) is 27.0 Å². The molecule has 1 fully saturated rings. The van der Waals surface area contributed by atoms with Gasteiger partial charge >= 0.3 is 121 Å². The fourth-order valence-electron chi connectivity index (χ4n) is 2.72. The summed E-state index contributed by atoms with van der Waals surface area (Å²) in [4.78, 5) is 0. The molecule has 1 saturated carbocycles. The fraction of sp³-hybridized carbons (Fsp3) is 0.625. The van der Waals surface area contributed by atoms with Gasteiger partial charge in [0.1, 0.15) is 0 Å². The molecule has 1 nitrogen and oxygen atoms in total. The van der Waals surface area contributed by atoms with Crippen molar-refractivity contribution in [2.75, 3.05) is 0 Å². The Bertz CT molecular complexity index is 368. The van der Waals surface area contributed by atoms with Crippen molar-refractivity contribution in [1.82, 2.24) is 0 Å². The molecule has 0 bridgehead atoms. The van der Waals surface area contributed by atoms with Crippen LogP contribution in [-0.2, 0) is 0 Å². The second-order valence-corrected chi connectivity index (χ2v) is 10.2. The van der Waals surface area contributed by atoms with Crippen LogP contribution >= 0.6 is 0 Å². The first kappa shape index (κ1) is 14.4. The zero-order valence-electron chi connectivity index (χ0n) is 11.6. The molecule has 1 aromatic rings. The minimum atomic E-state index is -0.235. The molecule has 2 rings (SSSR count). The van der Waals surface area contributed by atoms with Crippen LogP contribution in [0.1, 0.15) is 40.0 Å². The van der Waals surface area contributed by atoms with Gasteiger partial charge in [0, 0.05) is 0 Å². The Kier molecular flexibility index (Phi) is 4.75. The summed E-state index contributed by atoms with van der Waals surface area (Å²) in [5.74, 6) is 0.687. The standard InChI is InChI=1S/C16H24OTe/c1-16(2,3)12-9-10-15(14(17)11-12)18-13-7-5-4-6-8-13/h4-8,12,14-15,17H,9-11H2,1-3H3/t12-,14+,15+/m0/s1. The van der Waals surface area contributed by atoms with Crippen molar-refractivity contribution < 1.29 is 5.11 Å². The van der Waals surface area contributed by atoms with Gasteiger partial charge in [0.2, 0.25) is 0 Å². The molecule has 1 aromatic carbocycles. The molecule has 1 aliphatic carbocycles. The first-order valence-corrected chi connectivity index (χ1v) is 9.37. The molecule has 0 spiro atoms. The monoisotopic (exact) mass is 362 g/mol. The second kappa shape index (κ2) is 5.95. The van der Waals surface area contributed by atoms with Gasteiger partial charge in [-0.25, -0.2) is 0 Å². The van der Waals surface area contributed by atoms with Crippen molar-refractivity contribution in [2.24, 2.45) is 11.3 Å². The molecule has 0 heterocycles. The van der Waals surface area contributed by atoms with E-state index in [1.54, 1.807) is 0 Å². The van der Waals surface area contributed by atoms with E-state index in [4.69, 9.17) is 0 Å². The van der Waals surface area contributed by atoms with E-state index in [0.29, 0.717) is 15.3 Å². The Labute approximate surface area is 121 Å². The minimum absolute atomic E-state index is 0.0643. The molecular formula is C16H24OTe. The van der Waals surface area contributed by atoms with Gasteiger partial charge in [0.05, 0.1) is 0 Å². The first-order chi connectivity index (χ1) is 8.47. The molecule has 3 atom stereocenters. The van der Waals surface area contributed by atoms with E-state index in [1.165, 1.54) is 16.5 Å². The van der Waals surface area contributed by atoms with E-state index in [0.717, 1.165) is 6.42 Å². The third-order valence-electron chi connectivity index (χ3n) is 4.01. The van der Waals surface area contributed by atoms with Crippen molar-refractivity contribution in [2.45, 2.75) is 50.1 Å². The molecule has 2 heteroatoms. The van der Waals surface area contributed by atoms with Crippen LogP contribution in [0.5, 0.6) is 0 Å². The van der Waals surface area contributed by atoms with E-state index < -0.39 is 0 Å². The summed E-state index contributed by atoms with van der Waals surface area (Å²) in [7, 11) is 0. The Hall–Kier alpha value is -0.0304. The van der Waals surface area contributed by atoms with Crippen LogP contribution in [0, 0.1) is 11.3 Å². The van der Waals surface area contributed by atoms with Crippen LogP contribution < -0.4 is 3.61 Å². The summed E-state index contributed by atoms with van der Waals surface area (Å²) in [5.41, 5.74) is 0.346. The van der Waals surface area contributed by atoms with Gasteiger partial charge in [-0.05, 0) is 0 Å². The molecule has 0 amide bonds. The van der Waals surface area contributed by atoms with Crippen LogP contribution in [0.25, 0.3) is 0 Å². The van der Waals surface area contributed by atoms with E-state index in [9.17, 15) is 5.11 Å². The maximum atomic E-state index is 10.4. The summed E-state index contributed by atoms with van der Waals surface area (Å²) in [6, 6.07) is 10.8. The molecule has 0 saturated heterocycles. The fourth-order valence-corrected chi connectivity index (χ4v) is 6.10. The molecule has 1 N–H and O–H groups in total. The van der Waals surface area contributed by atoms with Crippen LogP contribution in [0.15, 0.2) is 30.3 Å². The number of rotatable bonds is 2. The van der Waals surface area contributed by atoms with Gasteiger partial charge in [-0.2, -0.15) is 0 Å². The van der Waals surface area contributed by atoms with Crippen molar-refractivity contribution >= 4 is 24.5 Å². The van der Waals surface area contributed by atoms with Crippen molar-refractivity contribution in [3.8, 4) is 0 Å². The number of benzene rings is 1.